The Morgan fingerprint density at radius 1 is 1.30 bits per heavy atom. The molecule has 1 saturated carbocycles. The summed E-state index contributed by atoms with van der Waals surface area (Å²) in [5.74, 6) is 0.840. The summed E-state index contributed by atoms with van der Waals surface area (Å²) in [5.41, 5.74) is 2.75. The van der Waals surface area contributed by atoms with Gasteiger partial charge in [-0.05, 0) is 49.3 Å². The maximum absolute atomic E-state index is 6.23. The molecule has 0 spiro atoms. The Labute approximate surface area is 127 Å². The Morgan fingerprint density at radius 3 is 2.90 bits per heavy atom. The molecule has 2 fully saturated rings. The molecule has 1 unspecified atom stereocenters. The van der Waals surface area contributed by atoms with Gasteiger partial charge in [0.15, 0.2) is 0 Å². The van der Waals surface area contributed by atoms with Crippen LogP contribution < -0.4 is 10.2 Å². The summed E-state index contributed by atoms with van der Waals surface area (Å²) >= 11 is 6.23. The Kier molecular flexibility index (Phi) is 4.52. The van der Waals surface area contributed by atoms with E-state index in [2.05, 4.69) is 29.3 Å². The van der Waals surface area contributed by atoms with Gasteiger partial charge in [0.1, 0.15) is 0 Å². The number of piperidine rings is 1. The van der Waals surface area contributed by atoms with Crippen molar-refractivity contribution in [2.75, 3.05) is 18.0 Å². The smallest absolute Gasteiger partial charge is 0.0426 e. The van der Waals surface area contributed by atoms with Gasteiger partial charge in [0.05, 0.1) is 0 Å². The number of halogens is 1. The standard InChI is InChI=1S/C17H25ClN2/c1-2-13-4-3-9-20(12-13)17-10-15(18)6-5-14(17)11-19-16-7-8-16/h5-6,10,13,16,19H,2-4,7-9,11-12H2,1H3. The average Bonchev–Trinajstić information content (AvgIpc) is 3.30. The van der Waals surface area contributed by atoms with Crippen LogP contribution in [0.5, 0.6) is 0 Å². The second-order valence-corrected chi connectivity index (χ2v) is 6.73. The van der Waals surface area contributed by atoms with E-state index in [0.717, 1.165) is 23.5 Å². The van der Waals surface area contributed by atoms with Gasteiger partial charge in [-0.15, -0.1) is 0 Å². The van der Waals surface area contributed by atoms with Gasteiger partial charge in [0.25, 0.3) is 0 Å². The molecule has 2 aliphatic rings. The lowest BCUT2D eigenvalue weighted by Crippen LogP contribution is -2.36. The maximum Gasteiger partial charge on any atom is 0.0426 e. The molecule has 1 aromatic carbocycles. The average molecular weight is 293 g/mol. The maximum atomic E-state index is 6.23. The van der Waals surface area contributed by atoms with E-state index in [0.29, 0.717) is 0 Å². The van der Waals surface area contributed by atoms with Crippen LogP contribution in [0.4, 0.5) is 5.69 Å². The minimum atomic E-state index is 0.753. The van der Waals surface area contributed by atoms with Crippen LogP contribution >= 0.6 is 11.6 Å². The largest absolute Gasteiger partial charge is 0.371 e. The molecule has 20 heavy (non-hydrogen) atoms. The first-order chi connectivity index (χ1) is 9.76. The van der Waals surface area contributed by atoms with Crippen molar-refractivity contribution in [2.24, 2.45) is 5.92 Å². The normalized spacial score (nSPS) is 23.1. The van der Waals surface area contributed by atoms with Gasteiger partial charge >= 0.3 is 0 Å². The Morgan fingerprint density at radius 2 is 2.15 bits per heavy atom. The highest BCUT2D eigenvalue weighted by atomic mass is 35.5. The van der Waals surface area contributed by atoms with Crippen molar-refractivity contribution < 1.29 is 0 Å². The van der Waals surface area contributed by atoms with Crippen LogP contribution in [0.2, 0.25) is 5.02 Å². The highest BCUT2D eigenvalue weighted by Gasteiger charge is 2.23. The predicted molar refractivity (Wildman–Crippen MR) is 86.5 cm³/mol. The number of hydrogen-bond acceptors (Lipinski definition) is 2. The molecular weight excluding hydrogens is 268 g/mol. The van der Waals surface area contributed by atoms with Gasteiger partial charge in [-0.25, -0.2) is 0 Å². The number of benzene rings is 1. The molecule has 2 nitrogen and oxygen atoms in total. The number of rotatable bonds is 5. The van der Waals surface area contributed by atoms with Crippen molar-refractivity contribution >= 4 is 17.3 Å². The lowest BCUT2D eigenvalue weighted by molar-refractivity contribution is 0.404. The molecule has 1 heterocycles. The number of anilines is 1. The second-order valence-electron chi connectivity index (χ2n) is 6.29. The van der Waals surface area contributed by atoms with Gasteiger partial charge < -0.3 is 10.2 Å². The summed E-state index contributed by atoms with van der Waals surface area (Å²) in [5, 5.41) is 4.48. The highest BCUT2D eigenvalue weighted by Crippen LogP contribution is 2.30. The zero-order chi connectivity index (χ0) is 13.9. The number of hydrogen-bond donors (Lipinski definition) is 1. The fourth-order valence-electron chi connectivity index (χ4n) is 3.14. The molecular formula is C17H25ClN2. The Hall–Kier alpha value is -0.730. The third-order valence-electron chi connectivity index (χ3n) is 4.64. The van der Waals surface area contributed by atoms with Gasteiger partial charge in [-0.2, -0.15) is 0 Å². The van der Waals surface area contributed by atoms with E-state index in [-0.39, 0.29) is 0 Å². The molecule has 1 atom stereocenters. The zero-order valence-corrected chi connectivity index (χ0v) is 13.1. The first-order valence-electron chi connectivity index (χ1n) is 8.03. The molecule has 3 rings (SSSR count). The van der Waals surface area contributed by atoms with Crippen LogP contribution in [-0.4, -0.2) is 19.1 Å². The van der Waals surface area contributed by atoms with Gasteiger partial charge in [-0.1, -0.05) is 31.0 Å². The molecule has 0 bridgehead atoms. The summed E-state index contributed by atoms with van der Waals surface area (Å²) in [7, 11) is 0. The summed E-state index contributed by atoms with van der Waals surface area (Å²) in [6, 6.07) is 7.13. The fraction of sp³-hybridized carbons (Fsp3) is 0.647. The third-order valence-corrected chi connectivity index (χ3v) is 4.88. The molecule has 110 valence electrons. The first kappa shape index (κ1) is 14.2. The van der Waals surface area contributed by atoms with Crippen LogP contribution in [0, 0.1) is 5.92 Å². The van der Waals surface area contributed by atoms with Crippen molar-refractivity contribution in [3.05, 3.63) is 28.8 Å². The lowest BCUT2D eigenvalue weighted by atomic mass is 9.94. The van der Waals surface area contributed by atoms with E-state index in [4.69, 9.17) is 11.6 Å². The summed E-state index contributed by atoms with van der Waals surface area (Å²) in [4.78, 5) is 2.55. The minimum absolute atomic E-state index is 0.753. The molecule has 1 saturated heterocycles. The molecule has 3 heteroatoms. The summed E-state index contributed by atoms with van der Waals surface area (Å²) < 4.78 is 0. The van der Waals surface area contributed by atoms with E-state index in [1.807, 2.05) is 6.07 Å². The molecule has 1 aromatic rings. The monoisotopic (exact) mass is 292 g/mol. The van der Waals surface area contributed by atoms with Crippen molar-refractivity contribution in [1.82, 2.24) is 5.32 Å². The number of nitrogens with zero attached hydrogens (tertiary/aromatic N) is 1. The van der Waals surface area contributed by atoms with E-state index in [9.17, 15) is 0 Å². The van der Waals surface area contributed by atoms with E-state index in [1.165, 1.54) is 56.4 Å². The van der Waals surface area contributed by atoms with Crippen LogP contribution in [0.25, 0.3) is 0 Å². The van der Waals surface area contributed by atoms with E-state index in [1.54, 1.807) is 0 Å². The van der Waals surface area contributed by atoms with Crippen LogP contribution in [0.15, 0.2) is 18.2 Å². The SMILES string of the molecule is CCC1CCCN(c2cc(Cl)ccc2CNC2CC2)C1. The van der Waals surface area contributed by atoms with Crippen molar-refractivity contribution in [3.8, 4) is 0 Å². The Bertz CT molecular complexity index is 456. The van der Waals surface area contributed by atoms with Crippen molar-refractivity contribution in [3.63, 3.8) is 0 Å². The summed E-state index contributed by atoms with van der Waals surface area (Å²) in [6.45, 7) is 5.65. The van der Waals surface area contributed by atoms with Crippen LogP contribution in [0.3, 0.4) is 0 Å². The van der Waals surface area contributed by atoms with Crippen molar-refractivity contribution in [2.45, 2.75) is 51.6 Å². The summed E-state index contributed by atoms with van der Waals surface area (Å²) in [6.07, 6.45) is 6.64. The van der Waals surface area contributed by atoms with Gasteiger partial charge in [0, 0.05) is 36.4 Å². The van der Waals surface area contributed by atoms with E-state index < -0.39 is 0 Å². The molecule has 1 N–H and O–H groups in total. The zero-order valence-electron chi connectivity index (χ0n) is 12.4. The third kappa shape index (κ3) is 3.48. The molecule has 0 radical (unpaired) electrons. The van der Waals surface area contributed by atoms with Gasteiger partial charge in [0.2, 0.25) is 0 Å². The molecule has 1 aliphatic carbocycles. The topological polar surface area (TPSA) is 15.3 Å². The minimum Gasteiger partial charge on any atom is -0.371 e. The highest BCUT2D eigenvalue weighted by molar-refractivity contribution is 6.30. The predicted octanol–water partition coefficient (Wildman–Crippen LogP) is 4.22. The van der Waals surface area contributed by atoms with Crippen LogP contribution in [0.1, 0.15) is 44.6 Å². The van der Waals surface area contributed by atoms with Crippen molar-refractivity contribution in [1.29, 1.82) is 0 Å². The lowest BCUT2D eigenvalue weighted by Gasteiger charge is -2.35. The second kappa shape index (κ2) is 6.36. The number of nitrogens with one attached hydrogen (secondary N) is 1. The quantitative estimate of drug-likeness (QED) is 0.874. The Balaban J connectivity index is 1.76. The van der Waals surface area contributed by atoms with E-state index >= 15 is 0 Å². The fourth-order valence-corrected chi connectivity index (χ4v) is 3.31. The van der Waals surface area contributed by atoms with Gasteiger partial charge in [-0.3, -0.25) is 0 Å². The van der Waals surface area contributed by atoms with Crippen LogP contribution in [-0.2, 0) is 6.54 Å². The molecule has 0 amide bonds. The molecule has 0 aromatic heterocycles. The molecule has 1 aliphatic heterocycles. The first-order valence-corrected chi connectivity index (χ1v) is 8.41.